The van der Waals surface area contributed by atoms with Crippen molar-refractivity contribution in [1.29, 1.82) is 0 Å². The van der Waals surface area contributed by atoms with Crippen molar-refractivity contribution < 1.29 is 26.7 Å². The smallest absolute Gasteiger partial charge is 0.264 e. The molecule has 39 heavy (non-hydrogen) atoms. The van der Waals surface area contributed by atoms with E-state index in [0.717, 1.165) is 45.4 Å². The van der Waals surface area contributed by atoms with Crippen LogP contribution >= 0.6 is 0 Å². The van der Waals surface area contributed by atoms with Gasteiger partial charge in [-0.2, -0.15) is 0 Å². The van der Waals surface area contributed by atoms with Crippen LogP contribution < -0.4 is 9.46 Å². The van der Waals surface area contributed by atoms with Gasteiger partial charge in [0.05, 0.1) is 24.9 Å². The maximum atomic E-state index is 14.2. The van der Waals surface area contributed by atoms with Crippen LogP contribution in [0.1, 0.15) is 5.69 Å². The molecule has 3 heterocycles. The second-order valence-electron chi connectivity index (χ2n) is 8.52. The monoisotopic (exact) mass is 548 g/mol. The first kappa shape index (κ1) is 26.1. The Bertz CT molecular complexity index is 1780. The van der Waals surface area contributed by atoms with Gasteiger partial charge in [0.2, 0.25) is 5.88 Å². The van der Waals surface area contributed by atoms with Gasteiger partial charge < -0.3 is 9.47 Å². The van der Waals surface area contributed by atoms with Gasteiger partial charge in [0.1, 0.15) is 22.2 Å². The number of ether oxygens (including phenoxy) is 2. The van der Waals surface area contributed by atoms with Crippen LogP contribution in [0.4, 0.5) is 14.5 Å². The highest BCUT2D eigenvalue weighted by Crippen LogP contribution is 2.34. The van der Waals surface area contributed by atoms with E-state index in [9.17, 15) is 17.2 Å². The fraction of sp³-hybridized carbons (Fsp3) is 0.107. The summed E-state index contributed by atoms with van der Waals surface area (Å²) in [7, 11) is -1.47. The van der Waals surface area contributed by atoms with Gasteiger partial charge in [-0.05, 0) is 53.6 Å². The average molecular weight is 549 g/mol. The van der Waals surface area contributed by atoms with Crippen LogP contribution in [0.2, 0.25) is 0 Å². The van der Waals surface area contributed by atoms with Crippen LogP contribution in [0.25, 0.3) is 33.2 Å². The Kier molecular flexibility index (Phi) is 7.18. The van der Waals surface area contributed by atoms with Gasteiger partial charge in [0.25, 0.3) is 10.0 Å². The maximum absolute atomic E-state index is 14.2. The summed E-state index contributed by atoms with van der Waals surface area (Å²) >= 11 is 0. The molecule has 5 aromatic rings. The molecular weight excluding hydrogens is 526 g/mol. The number of nitrogens with one attached hydrogen (secondary N) is 1. The second kappa shape index (κ2) is 10.7. The van der Waals surface area contributed by atoms with Crippen molar-refractivity contribution in [2.75, 3.05) is 18.9 Å². The molecule has 0 unspecified atom stereocenters. The molecule has 8 nitrogen and oxygen atoms in total. The minimum absolute atomic E-state index is 0.0110. The van der Waals surface area contributed by atoms with Crippen molar-refractivity contribution in [2.24, 2.45) is 0 Å². The number of benzene rings is 2. The lowest BCUT2D eigenvalue weighted by Crippen LogP contribution is -2.15. The number of rotatable bonds is 8. The van der Waals surface area contributed by atoms with Crippen LogP contribution in [0.5, 0.6) is 5.88 Å². The van der Waals surface area contributed by atoms with Crippen LogP contribution in [-0.4, -0.2) is 37.6 Å². The molecule has 3 aromatic heterocycles. The summed E-state index contributed by atoms with van der Waals surface area (Å²) < 4.78 is 66.1. The van der Waals surface area contributed by atoms with E-state index in [1.807, 2.05) is 36.4 Å². The molecule has 198 valence electrons. The SMILES string of the molecule is COCc1ccc(-c2ccnc3ccc(-c4cnc(OC)c(NS(=O)(=O)c5ccc(F)cc5F)c4)cc23)cn1. The van der Waals surface area contributed by atoms with Gasteiger partial charge in [-0.3, -0.25) is 14.7 Å². The summed E-state index contributed by atoms with van der Waals surface area (Å²) in [5.41, 5.74) is 4.65. The lowest BCUT2D eigenvalue weighted by atomic mass is 9.98. The van der Waals surface area contributed by atoms with E-state index >= 15 is 0 Å². The Morgan fingerprint density at radius 1 is 0.846 bits per heavy atom. The van der Waals surface area contributed by atoms with Crippen LogP contribution in [0.3, 0.4) is 0 Å². The van der Waals surface area contributed by atoms with E-state index in [0.29, 0.717) is 18.2 Å². The Balaban J connectivity index is 1.55. The van der Waals surface area contributed by atoms with Crippen LogP contribution in [0.15, 0.2) is 84.1 Å². The van der Waals surface area contributed by atoms with Gasteiger partial charge in [0.15, 0.2) is 0 Å². The number of pyridine rings is 3. The van der Waals surface area contributed by atoms with Gasteiger partial charge in [-0.1, -0.05) is 12.1 Å². The number of aromatic nitrogens is 3. The molecule has 2 aromatic carbocycles. The molecule has 0 aliphatic rings. The van der Waals surface area contributed by atoms with Gasteiger partial charge in [0, 0.05) is 48.3 Å². The van der Waals surface area contributed by atoms with E-state index in [1.54, 1.807) is 19.5 Å². The predicted molar refractivity (Wildman–Crippen MR) is 143 cm³/mol. The molecule has 0 fully saturated rings. The lowest BCUT2D eigenvalue weighted by molar-refractivity contribution is 0.181. The number of hydrogen-bond acceptors (Lipinski definition) is 7. The largest absolute Gasteiger partial charge is 0.480 e. The van der Waals surface area contributed by atoms with Crippen LogP contribution in [0, 0.1) is 11.6 Å². The number of halogens is 2. The molecule has 0 radical (unpaired) electrons. The average Bonchev–Trinajstić information content (AvgIpc) is 2.92. The summed E-state index contributed by atoms with van der Waals surface area (Å²) in [5.74, 6) is -2.13. The van der Waals surface area contributed by atoms with Crippen molar-refractivity contribution >= 4 is 26.6 Å². The van der Waals surface area contributed by atoms with Gasteiger partial charge in [-0.15, -0.1) is 0 Å². The summed E-state index contributed by atoms with van der Waals surface area (Å²) in [6.45, 7) is 0.409. The lowest BCUT2D eigenvalue weighted by Gasteiger charge is -2.14. The van der Waals surface area contributed by atoms with Crippen LogP contribution in [-0.2, 0) is 21.4 Å². The Morgan fingerprint density at radius 3 is 2.36 bits per heavy atom. The molecule has 0 amide bonds. The Hall–Kier alpha value is -4.48. The molecule has 0 aliphatic heterocycles. The third-order valence-corrected chi connectivity index (χ3v) is 7.37. The maximum Gasteiger partial charge on any atom is 0.264 e. The first-order valence-electron chi connectivity index (χ1n) is 11.6. The molecule has 0 aliphatic carbocycles. The molecule has 0 saturated carbocycles. The highest BCUT2D eigenvalue weighted by molar-refractivity contribution is 7.92. The molecule has 11 heteroatoms. The third-order valence-electron chi connectivity index (χ3n) is 5.98. The quantitative estimate of drug-likeness (QED) is 0.270. The van der Waals surface area contributed by atoms with Crippen molar-refractivity contribution in [1.82, 2.24) is 15.0 Å². The highest BCUT2D eigenvalue weighted by atomic mass is 32.2. The number of anilines is 1. The number of sulfonamides is 1. The topological polar surface area (TPSA) is 103 Å². The summed E-state index contributed by atoms with van der Waals surface area (Å²) in [6, 6.07) is 15.1. The summed E-state index contributed by atoms with van der Waals surface area (Å²) in [5, 5.41) is 0.850. The Morgan fingerprint density at radius 2 is 1.64 bits per heavy atom. The van der Waals surface area contributed by atoms with E-state index < -0.39 is 26.6 Å². The fourth-order valence-electron chi connectivity index (χ4n) is 4.13. The number of methoxy groups -OCH3 is 2. The predicted octanol–water partition coefficient (Wildman–Crippen LogP) is 5.59. The number of fused-ring (bicyclic) bond motifs is 1. The van der Waals surface area contributed by atoms with E-state index in [1.165, 1.54) is 19.4 Å². The number of nitrogens with zero attached hydrogens (tertiary/aromatic N) is 3. The third kappa shape index (κ3) is 5.40. The van der Waals surface area contributed by atoms with E-state index in [-0.39, 0.29) is 11.6 Å². The van der Waals surface area contributed by atoms with Crippen molar-refractivity contribution in [3.8, 4) is 28.1 Å². The Labute approximate surface area is 223 Å². The van der Waals surface area contributed by atoms with Crippen molar-refractivity contribution in [3.63, 3.8) is 0 Å². The zero-order valence-electron chi connectivity index (χ0n) is 20.9. The van der Waals surface area contributed by atoms with Gasteiger partial charge >= 0.3 is 0 Å². The molecule has 0 atom stereocenters. The molecule has 1 N–H and O–H groups in total. The fourth-order valence-corrected chi connectivity index (χ4v) is 5.24. The zero-order chi connectivity index (χ0) is 27.6. The second-order valence-corrected chi connectivity index (χ2v) is 10.2. The van der Waals surface area contributed by atoms with E-state index in [4.69, 9.17) is 9.47 Å². The number of hydrogen-bond donors (Lipinski definition) is 1. The first-order valence-corrected chi connectivity index (χ1v) is 13.1. The normalized spacial score (nSPS) is 11.5. The van der Waals surface area contributed by atoms with Crippen molar-refractivity contribution in [3.05, 3.63) is 96.6 Å². The molecule has 0 spiro atoms. The molecular formula is C28H22F2N4O4S. The minimum Gasteiger partial charge on any atom is -0.480 e. The minimum atomic E-state index is -4.42. The molecule has 0 saturated heterocycles. The van der Waals surface area contributed by atoms with Crippen molar-refractivity contribution in [2.45, 2.75) is 11.5 Å². The zero-order valence-corrected chi connectivity index (χ0v) is 21.7. The molecule has 5 rings (SSSR count). The standard InChI is InChI=1S/C28H22F2N4O4S/c1-37-16-21-6-3-18(14-32-21)22-9-10-31-25-7-4-17(11-23(22)25)19-12-26(28(38-2)33-15-19)34-39(35,36)27-8-5-20(29)13-24(27)30/h3-15,34H,16H2,1-2H3. The highest BCUT2D eigenvalue weighted by Gasteiger charge is 2.22. The van der Waals surface area contributed by atoms with Gasteiger partial charge in [-0.25, -0.2) is 22.2 Å². The first-order chi connectivity index (χ1) is 18.8. The van der Waals surface area contributed by atoms with E-state index in [2.05, 4.69) is 19.7 Å². The molecule has 0 bridgehead atoms. The summed E-state index contributed by atoms with van der Waals surface area (Å²) in [6.07, 6.45) is 5.02. The summed E-state index contributed by atoms with van der Waals surface area (Å²) in [4.78, 5) is 12.4.